The van der Waals surface area contributed by atoms with Gasteiger partial charge in [0.05, 0.1) is 12.7 Å². The lowest BCUT2D eigenvalue weighted by molar-refractivity contribution is -0.0939. The van der Waals surface area contributed by atoms with E-state index in [4.69, 9.17) is 13.6 Å². The summed E-state index contributed by atoms with van der Waals surface area (Å²) in [7, 11) is -2.45. The number of hydrogen-bond donors (Lipinski definition) is 0. The topological polar surface area (TPSA) is 27.7 Å². The Balaban J connectivity index is 1.76. The Hall–Kier alpha value is -0.593. The lowest BCUT2D eigenvalue weighted by Crippen LogP contribution is -2.64. The third-order valence-electron chi connectivity index (χ3n) is 5.09. The molecule has 1 saturated heterocycles. The Morgan fingerprint density at radius 3 is 2.27 bits per heavy atom. The van der Waals surface area contributed by atoms with Crippen LogP contribution in [-0.2, 0) is 13.6 Å². The van der Waals surface area contributed by atoms with E-state index in [1.54, 1.807) is 11.8 Å². The monoisotopic (exact) mass is 392 g/mol. The highest BCUT2D eigenvalue weighted by Crippen LogP contribution is 2.54. The minimum absolute atomic E-state index is 0.00540. The minimum Gasteiger partial charge on any atom is -0.391 e. The van der Waals surface area contributed by atoms with Crippen LogP contribution in [0.1, 0.15) is 48.0 Å². The Morgan fingerprint density at radius 2 is 1.65 bits per heavy atom. The number of fused-ring (bicyclic) bond motifs is 1. The smallest absolute Gasteiger partial charge is 0.349 e. The number of ether oxygens (including phenoxy) is 1. The second-order valence-electron chi connectivity index (χ2n) is 9.21. The normalized spacial score (nSPS) is 29.1. The lowest BCUT2D eigenvalue weighted by atomic mass is 10.2. The van der Waals surface area contributed by atoms with Crippen molar-refractivity contribution in [2.75, 3.05) is 6.61 Å². The summed E-state index contributed by atoms with van der Waals surface area (Å²) in [5.74, 6) is 0. The van der Waals surface area contributed by atoms with Gasteiger partial charge in [0.25, 0.3) is 0 Å². The van der Waals surface area contributed by atoms with Crippen LogP contribution in [0.3, 0.4) is 0 Å². The van der Waals surface area contributed by atoms with E-state index < -0.39 is 8.56 Å². The fraction of sp³-hybridized carbons (Fsp3) is 0.619. The van der Waals surface area contributed by atoms with Crippen LogP contribution in [0.15, 0.2) is 47.4 Å². The Bertz CT molecular complexity index is 619. The molecule has 0 saturated carbocycles. The molecule has 0 amide bonds. The average Bonchev–Trinajstić information content (AvgIpc) is 2.74. The van der Waals surface area contributed by atoms with E-state index in [1.807, 2.05) is 6.07 Å². The van der Waals surface area contributed by atoms with Gasteiger partial charge in [-0.2, -0.15) is 0 Å². The zero-order chi connectivity index (χ0) is 19.0. The molecule has 1 fully saturated rings. The van der Waals surface area contributed by atoms with Gasteiger partial charge in [0.2, 0.25) is 0 Å². The molecule has 0 bridgehead atoms. The molecule has 3 atom stereocenters. The fourth-order valence-corrected chi connectivity index (χ4v) is 10.0. The molecule has 0 N–H and O–H groups in total. The maximum absolute atomic E-state index is 6.78. The van der Waals surface area contributed by atoms with Gasteiger partial charge in [0.1, 0.15) is 11.5 Å². The van der Waals surface area contributed by atoms with E-state index in [9.17, 15) is 0 Å². The third-order valence-corrected chi connectivity index (χ3v) is 11.3. The molecule has 0 aromatic heterocycles. The van der Waals surface area contributed by atoms with E-state index in [0.717, 1.165) is 6.42 Å². The average molecular weight is 393 g/mol. The third kappa shape index (κ3) is 3.97. The van der Waals surface area contributed by atoms with Gasteiger partial charge in [-0.05, 0) is 12.1 Å². The summed E-state index contributed by atoms with van der Waals surface area (Å²) in [5, 5.41) is -0.0108. The van der Waals surface area contributed by atoms with E-state index in [-0.39, 0.29) is 27.7 Å². The quantitative estimate of drug-likeness (QED) is 0.462. The zero-order valence-electron chi connectivity index (χ0n) is 16.8. The molecule has 0 aliphatic carbocycles. The van der Waals surface area contributed by atoms with Crippen molar-refractivity contribution in [1.82, 2.24) is 0 Å². The molecule has 2 aliphatic heterocycles. The molecule has 3 rings (SSSR count). The molecule has 0 radical (unpaired) electrons. The first kappa shape index (κ1) is 20.1. The number of thioether (sulfide) groups is 1. The highest BCUT2D eigenvalue weighted by atomic mass is 32.2. The predicted octanol–water partition coefficient (Wildman–Crippen LogP) is 5.91. The molecule has 2 aliphatic rings. The first-order chi connectivity index (χ1) is 12.1. The van der Waals surface area contributed by atoms with Crippen LogP contribution in [0.25, 0.3) is 0 Å². The number of hydrogen-bond acceptors (Lipinski definition) is 4. The highest BCUT2D eigenvalue weighted by molar-refractivity contribution is 7.99. The molecule has 3 nitrogen and oxygen atoms in total. The largest absolute Gasteiger partial charge is 0.391 e. The van der Waals surface area contributed by atoms with Crippen LogP contribution in [0.4, 0.5) is 0 Å². The molecule has 0 spiro atoms. The van der Waals surface area contributed by atoms with Crippen molar-refractivity contribution in [3.63, 3.8) is 0 Å². The Morgan fingerprint density at radius 1 is 1.00 bits per heavy atom. The lowest BCUT2D eigenvalue weighted by Gasteiger charge is -2.54. The van der Waals surface area contributed by atoms with Crippen molar-refractivity contribution in [2.24, 2.45) is 0 Å². The van der Waals surface area contributed by atoms with Crippen LogP contribution in [-0.4, -0.2) is 32.8 Å². The van der Waals surface area contributed by atoms with E-state index in [0.29, 0.717) is 6.61 Å². The molecule has 1 aromatic carbocycles. The van der Waals surface area contributed by atoms with Crippen LogP contribution >= 0.6 is 11.8 Å². The highest BCUT2D eigenvalue weighted by Gasteiger charge is 2.61. The maximum atomic E-state index is 6.78. The van der Waals surface area contributed by atoms with Crippen molar-refractivity contribution in [2.45, 2.75) is 80.6 Å². The first-order valence-electron chi connectivity index (χ1n) is 9.48. The van der Waals surface area contributed by atoms with Gasteiger partial charge in [-0.3, -0.25) is 0 Å². The van der Waals surface area contributed by atoms with Crippen molar-refractivity contribution in [3.05, 3.63) is 42.5 Å². The molecule has 1 aromatic rings. The van der Waals surface area contributed by atoms with E-state index >= 15 is 0 Å². The summed E-state index contributed by atoms with van der Waals surface area (Å²) in [6.45, 7) is 14.1. The van der Waals surface area contributed by atoms with E-state index in [2.05, 4.69) is 78.0 Å². The van der Waals surface area contributed by atoms with Crippen LogP contribution in [0.5, 0.6) is 0 Å². The molecule has 144 valence electrons. The summed E-state index contributed by atoms with van der Waals surface area (Å²) in [6, 6.07) is 10.4. The molecule has 26 heavy (non-hydrogen) atoms. The zero-order valence-corrected chi connectivity index (χ0v) is 18.6. The fourth-order valence-electron chi connectivity index (χ4n) is 4.09. The van der Waals surface area contributed by atoms with Crippen molar-refractivity contribution < 1.29 is 13.6 Å². The van der Waals surface area contributed by atoms with Gasteiger partial charge in [0, 0.05) is 21.4 Å². The molecule has 5 heteroatoms. The van der Waals surface area contributed by atoms with E-state index in [1.165, 1.54) is 4.90 Å². The second-order valence-corrected chi connectivity index (χ2v) is 15.2. The van der Waals surface area contributed by atoms with Gasteiger partial charge < -0.3 is 13.6 Å². The van der Waals surface area contributed by atoms with Crippen LogP contribution in [0, 0.1) is 0 Å². The van der Waals surface area contributed by atoms with Gasteiger partial charge in [-0.25, -0.2) is 0 Å². The van der Waals surface area contributed by atoms with Crippen molar-refractivity contribution >= 4 is 20.3 Å². The van der Waals surface area contributed by atoms with Gasteiger partial charge in [0.15, 0.2) is 0 Å². The standard InChI is InChI=1S/C21H32O3SSi/c1-20(2,3)26(21(4,5)6)22-15-18-17(24-26)13-10-14-19(23-18)25-16-11-8-7-9-12-16/h7-13,17-19H,14-15H2,1-6H3/t17-,18-,19-/m1/s1. The molecule has 0 unspecified atom stereocenters. The summed E-state index contributed by atoms with van der Waals surface area (Å²) in [4.78, 5) is 1.23. The first-order valence-corrected chi connectivity index (χ1v) is 12.2. The Kier molecular flexibility index (Phi) is 5.76. The maximum Gasteiger partial charge on any atom is 0.349 e. The number of rotatable bonds is 2. The second kappa shape index (κ2) is 7.44. The summed E-state index contributed by atoms with van der Waals surface area (Å²) in [6.07, 6.45) is 5.25. The SMILES string of the molecule is CC(C)(C)[Si]1(C(C)(C)C)OC[C@H]2O[C@H](Sc3ccccc3)CC=C[C@H]2O1. The van der Waals surface area contributed by atoms with Gasteiger partial charge in [-0.1, -0.05) is 83.7 Å². The Labute approximate surface area is 163 Å². The van der Waals surface area contributed by atoms with Crippen LogP contribution < -0.4 is 0 Å². The summed E-state index contributed by atoms with van der Waals surface area (Å²) in [5.41, 5.74) is 0.0919. The number of benzene rings is 1. The molecule has 2 heterocycles. The van der Waals surface area contributed by atoms with Crippen LogP contribution in [0.2, 0.25) is 10.1 Å². The molecular formula is C21H32O3SSi. The summed E-state index contributed by atoms with van der Waals surface area (Å²) >= 11 is 1.77. The van der Waals surface area contributed by atoms with Crippen molar-refractivity contribution in [3.8, 4) is 0 Å². The van der Waals surface area contributed by atoms with Crippen molar-refractivity contribution in [1.29, 1.82) is 0 Å². The summed E-state index contributed by atoms with van der Waals surface area (Å²) < 4.78 is 19.8. The predicted molar refractivity (Wildman–Crippen MR) is 111 cm³/mol. The minimum atomic E-state index is -2.45. The van der Waals surface area contributed by atoms with Gasteiger partial charge in [-0.15, -0.1) is 0 Å². The molecular weight excluding hydrogens is 360 g/mol. The van der Waals surface area contributed by atoms with Gasteiger partial charge >= 0.3 is 8.56 Å².